The average Bonchev–Trinajstić information content (AvgIpc) is 3.10. The summed E-state index contributed by atoms with van der Waals surface area (Å²) in [5.74, 6) is -0.126. The third-order valence-electron chi connectivity index (χ3n) is 2.43. The van der Waals surface area contributed by atoms with Crippen molar-refractivity contribution < 1.29 is 14.3 Å². The molecule has 0 aromatic rings. The van der Waals surface area contributed by atoms with Crippen molar-refractivity contribution in [2.24, 2.45) is 0 Å². The highest BCUT2D eigenvalue weighted by Crippen LogP contribution is 2.17. The van der Waals surface area contributed by atoms with Crippen molar-refractivity contribution in [3.8, 4) is 0 Å². The van der Waals surface area contributed by atoms with E-state index in [1.165, 1.54) is 0 Å². The van der Waals surface area contributed by atoms with Gasteiger partial charge in [0.2, 0.25) is 11.8 Å². The first-order chi connectivity index (χ1) is 8.22. The average molecular weight is 243 g/mol. The number of carbonyl (C=O) groups is 2. The third kappa shape index (κ3) is 7.70. The van der Waals surface area contributed by atoms with Crippen molar-refractivity contribution in [3.63, 3.8) is 0 Å². The van der Waals surface area contributed by atoms with E-state index in [2.05, 4.69) is 16.0 Å². The molecule has 0 saturated heterocycles. The number of rotatable bonds is 9. The van der Waals surface area contributed by atoms with E-state index in [0.717, 1.165) is 12.8 Å². The normalized spacial score (nSPS) is 14.4. The van der Waals surface area contributed by atoms with Crippen molar-refractivity contribution in [3.05, 3.63) is 0 Å². The summed E-state index contributed by atoms with van der Waals surface area (Å²) >= 11 is 0. The Kier molecular flexibility index (Phi) is 6.57. The number of hydrogen-bond donors (Lipinski definition) is 3. The van der Waals surface area contributed by atoms with Gasteiger partial charge in [0, 0.05) is 32.7 Å². The molecule has 0 heterocycles. The lowest BCUT2D eigenvalue weighted by molar-refractivity contribution is -0.122. The van der Waals surface area contributed by atoms with Gasteiger partial charge >= 0.3 is 0 Å². The van der Waals surface area contributed by atoms with Crippen molar-refractivity contribution in [1.82, 2.24) is 16.0 Å². The predicted molar refractivity (Wildman–Crippen MR) is 63.5 cm³/mol. The van der Waals surface area contributed by atoms with Crippen molar-refractivity contribution in [1.29, 1.82) is 0 Å². The van der Waals surface area contributed by atoms with Crippen molar-refractivity contribution >= 4 is 11.8 Å². The molecule has 0 unspecified atom stereocenters. The summed E-state index contributed by atoms with van der Waals surface area (Å²) in [5.41, 5.74) is 0. The summed E-state index contributed by atoms with van der Waals surface area (Å²) in [5, 5.41) is 8.49. The van der Waals surface area contributed by atoms with Crippen LogP contribution in [0, 0.1) is 0 Å². The topological polar surface area (TPSA) is 79.5 Å². The molecule has 6 heteroatoms. The summed E-state index contributed by atoms with van der Waals surface area (Å²) in [7, 11) is 1.58. The van der Waals surface area contributed by atoms with E-state index < -0.39 is 0 Å². The van der Waals surface area contributed by atoms with Gasteiger partial charge in [0.25, 0.3) is 0 Å². The lowest BCUT2D eigenvalue weighted by Gasteiger charge is -2.06. The third-order valence-corrected chi connectivity index (χ3v) is 2.43. The smallest absolute Gasteiger partial charge is 0.233 e. The molecule has 6 nitrogen and oxygen atoms in total. The van der Waals surface area contributed by atoms with E-state index >= 15 is 0 Å². The van der Waals surface area contributed by atoms with Gasteiger partial charge < -0.3 is 20.7 Å². The SMILES string of the molecule is COCCNC(=O)CCNC(=O)CNC1CC1. The van der Waals surface area contributed by atoms with Gasteiger partial charge in [-0.05, 0) is 12.8 Å². The number of nitrogens with one attached hydrogen (secondary N) is 3. The van der Waals surface area contributed by atoms with E-state index in [1.807, 2.05) is 0 Å². The van der Waals surface area contributed by atoms with Gasteiger partial charge in [-0.2, -0.15) is 0 Å². The van der Waals surface area contributed by atoms with Crippen molar-refractivity contribution in [2.75, 3.05) is 33.4 Å². The Morgan fingerprint density at radius 3 is 2.53 bits per heavy atom. The van der Waals surface area contributed by atoms with Crippen molar-refractivity contribution in [2.45, 2.75) is 25.3 Å². The van der Waals surface area contributed by atoms with E-state index in [1.54, 1.807) is 7.11 Å². The second kappa shape index (κ2) is 8.03. The van der Waals surface area contributed by atoms with Crippen LogP contribution in [0.25, 0.3) is 0 Å². The Hall–Kier alpha value is -1.14. The molecule has 0 radical (unpaired) electrons. The van der Waals surface area contributed by atoms with Gasteiger partial charge in [0.05, 0.1) is 13.2 Å². The summed E-state index contributed by atoms with van der Waals surface area (Å²) < 4.78 is 4.80. The zero-order valence-electron chi connectivity index (χ0n) is 10.3. The van der Waals surface area contributed by atoms with Gasteiger partial charge in [-0.25, -0.2) is 0 Å². The Morgan fingerprint density at radius 2 is 1.88 bits per heavy atom. The first-order valence-electron chi connectivity index (χ1n) is 5.98. The number of hydrogen-bond acceptors (Lipinski definition) is 4. The fraction of sp³-hybridized carbons (Fsp3) is 0.818. The molecule has 0 aromatic heterocycles. The van der Waals surface area contributed by atoms with E-state index in [9.17, 15) is 9.59 Å². The molecular weight excluding hydrogens is 222 g/mol. The molecule has 1 saturated carbocycles. The monoisotopic (exact) mass is 243 g/mol. The van der Waals surface area contributed by atoms with Gasteiger partial charge in [-0.3, -0.25) is 9.59 Å². The van der Waals surface area contributed by atoms with Crippen LogP contribution in [0.5, 0.6) is 0 Å². The minimum atomic E-state index is -0.0718. The largest absolute Gasteiger partial charge is 0.383 e. The van der Waals surface area contributed by atoms with Gasteiger partial charge in [-0.15, -0.1) is 0 Å². The molecule has 1 aliphatic carbocycles. The van der Waals surface area contributed by atoms with Crippen LogP contribution < -0.4 is 16.0 Å². The second-order valence-corrected chi connectivity index (χ2v) is 4.10. The first kappa shape index (κ1) is 13.9. The van der Waals surface area contributed by atoms with Gasteiger partial charge in [0.15, 0.2) is 0 Å². The summed E-state index contributed by atoms with van der Waals surface area (Å²) in [6.45, 7) is 1.73. The number of methoxy groups -OCH3 is 1. The predicted octanol–water partition coefficient (Wildman–Crippen LogP) is -0.993. The highest BCUT2D eigenvalue weighted by Gasteiger charge is 2.20. The lowest BCUT2D eigenvalue weighted by Crippen LogP contribution is -2.37. The maximum atomic E-state index is 11.3. The minimum absolute atomic E-state index is 0.0541. The Bertz CT molecular complexity index is 254. The summed E-state index contributed by atoms with van der Waals surface area (Å²) in [4.78, 5) is 22.5. The van der Waals surface area contributed by atoms with Crippen LogP contribution in [0.2, 0.25) is 0 Å². The molecule has 2 amide bonds. The van der Waals surface area contributed by atoms with Crippen LogP contribution in [-0.2, 0) is 14.3 Å². The number of ether oxygens (including phenoxy) is 1. The number of carbonyl (C=O) groups excluding carboxylic acids is 2. The zero-order valence-corrected chi connectivity index (χ0v) is 10.3. The quantitative estimate of drug-likeness (QED) is 0.454. The highest BCUT2D eigenvalue weighted by atomic mass is 16.5. The Balaban J connectivity index is 1.90. The van der Waals surface area contributed by atoms with Crippen LogP contribution in [-0.4, -0.2) is 51.2 Å². The lowest BCUT2D eigenvalue weighted by atomic mass is 10.4. The van der Waals surface area contributed by atoms with E-state index in [-0.39, 0.29) is 11.8 Å². The summed E-state index contributed by atoms with van der Waals surface area (Å²) in [6, 6.07) is 0.526. The summed E-state index contributed by atoms with van der Waals surface area (Å²) in [6.07, 6.45) is 2.63. The fourth-order valence-corrected chi connectivity index (χ4v) is 1.28. The molecule has 1 fully saturated rings. The van der Waals surface area contributed by atoms with Gasteiger partial charge in [0.1, 0.15) is 0 Å². The Morgan fingerprint density at radius 1 is 1.18 bits per heavy atom. The first-order valence-corrected chi connectivity index (χ1v) is 5.98. The van der Waals surface area contributed by atoms with E-state index in [4.69, 9.17) is 4.74 Å². The van der Waals surface area contributed by atoms with Crippen LogP contribution >= 0.6 is 0 Å². The molecule has 0 atom stereocenters. The maximum absolute atomic E-state index is 11.3. The van der Waals surface area contributed by atoms with Crippen LogP contribution in [0.4, 0.5) is 0 Å². The minimum Gasteiger partial charge on any atom is -0.383 e. The molecule has 17 heavy (non-hydrogen) atoms. The molecule has 3 N–H and O–H groups in total. The van der Waals surface area contributed by atoms with E-state index in [0.29, 0.717) is 38.7 Å². The molecule has 1 rings (SSSR count). The number of amides is 2. The zero-order chi connectivity index (χ0) is 12.5. The molecule has 0 aromatic carbocycles. The molecule has 0 aliphatic heterocycles. The molecule has 0 spiro atoms. The molecular formula is C11H21N3O3. The fourth-order valence-electron chi connectivity index (χ4n) is 1.28. The molecule has 98 valence electrons. The van der Waals surface area contributed by atoms with Crippen LogP contribution in [0.3, 0.4) is 0 Å². The second-order valence-electron chi connectivity index (χ2n) is 4.10. The highest BCUT2D eigenvalue weighted by molar-refractivity contribution is 5.80. The molecule has 1 aliphatic rings. The Labute approximate surface area is 101 Å². The van der Waals surface area contributed by atoms with Gasteiger partial charge in [-0.1, -0.05) is 0 Å². The van der Waals surface area contributed by atoms with Crippen LogP contribution in [0.15, 0.2) is 0 Å². The van der Waals surface area contributed by atoms with Crippen LogP contribution in [0.1, 0.15) is 19.3 Å². The molecule has 0 bridgehead atoms. The maximum Gasteiger partial charge on any atom is 0.233 e. The standard InChI is InChI=1S/C11H21N3O3/c1-17-7-6-13-10(15)4-5-12-11(16)8-14-9-2-3-9/h9,14H,2-8H2,1H3,(H,12,16)(H,13,15).